The van der Waals surface area contributed by atoms with Crippen LogP contribution in [0.4, 0.5) is 5.69 Å². The number of benzene rings is 1. The summed E-state index contributed by atoms with van der Waals surface area (Å²) in [6.07, 6.45) is 1.57. The van der Waals surface area contributed by atoms with Crippen molar-refractivity contribution >= 4 is 27.6 Å². The maximum absolute atomic E-state index is 12.9. The number of nitrogens with one attached hydrogen (secondary N) is 4. The lowest BCUT2D eigenvalue weighted by molar-refractivity contribution is -0.527. The normalized spacial score (nSPS) is 17.6. The number of pyridine rings is 1. The van der Waals surface area contributed by atoms with Crippen molar-refractivity contribution in [1.29, 1.82) is 5.41 Å². The number of nitrogens with zero attached hydrogens (tertiary/aromatic N) is 3. The highest BCUT2D eigenvalue weighted by molar-refractivity contribution is 7.91. The first-order valence-corrected chi connectivity index (χ1v) is 13.2. The number of rotatable bonds is 10. The summed E-state index contributed by atoms with van der Waals surface area (Å²) in [6.45, 7) is 1.89. The van der Waals surface area contributed by atoms with Crippen LogP contribution in [0.2, 0.25) is 0 Å². The van der Waals surface area contributed by atoms with Crippen LogP contribution in [-0.4, -0.2) is 60.2 Å². The highest BCUT2D eigenvalue weighted by Crippen LogP contribution is 2.19. The molecule has 1 aromatic heterocycles. The molecule has 2 unspecified atom stereocenters. The van der Waals surface area contributed by atoms with E-state index >= 15 is 0 Å². The minimum absolute atomic E-state index is 0.193. The van der Waals surface area contributed by atoms with E-state index in [0.29, 0.717) is 24.9 Å². The zero-order chi connectivity index (χ0) is 27.0. The van der Waals surface area contributed by atoms with Gasteiger partial charge < -0.3 is 19.5 Å². The largest absolute Gasteiger partial charge is 0.356 e. The molecule has 0 spiro atoms. The molecule has 2 aromatic rings. The molecule has 1 aromatic carbocycles. The van der Waals surface area contributed by atoms with Gasteiger partial charge in [0.15, 0.2) is 11.3 Å². The van der Waals surface area contributed by atoms with Crippen molar-refractivity contribution in [3.05, 3.63) is 74.7 Å². The van der Waals surface area contributed by atoms with Crippen LogP contribution >= 0.6 is 0 Å². The third-order valence-corrected chi connectivity index (χ3v) is 6.78. The quantitative estimate of drug-likeness (QED) is 0.145. The summed E-state index contributed by atoms with van der Waals surface area (Å²) in [4.78, 5) is 37.8. The number of hydrazine groups is 1. The molecule has 0 aliphatic carbocycles. The molecule has 15 heteroatoms. The summed E-state index contributed by atoms with van der Waals surface area (Å²) in [7, 11) is -3.87. The molecule has 3 rings (SSSR count). The zero-order valence-electron chi connectivity index (χ0n) is 20.1. The Labute approximate surface area is 213 Å². The van der Waals surface area contributed by atoms with Gasteiger partial charge in [-0.1, -0.05) is 35.8 Å². The van der Waals surface area contributed by atoms with Gasteiger partial charge in [-0.25, -0.2) is 18.5 Å². The van der Waals surface area contributed by atoms with E-state index in [9.17, 15) is 28.1 Å². The summed E-state index contributed by atoms with van der Waals surface area (Å²) in [5, 5.41) is 20.6. The summed E-state index contributed by atoms with van der Waals surface area (Å²) in [5.74, 6) is -1.33. The second kappa shape index (κ2) is 12.3. The fourth-order valence-corrected chi connectivity index (χ4v) is 5.22. The van der Waals surface area contributed by atoms with E-state index < -0.39 is 51.3 Å². The van der Waals surface area contributed by atoms with Gasteiger partial charge in [-0.3, -0.25) is 19.7 Å². The molecule has 1 amide bonds. The summed E-state index contributed by atoms with van der Waals surface area (Å²) >= 11 is 0. The van der Waals surface area contributed by atoms with Crippen molar-refractivity contribution in [2.45, 2.75) is 44.3 Å². The van der Waals surface area contributed by atoms with Gasteiger partial charge in [-0.05, 0) is 37.5 Å². The number of hydrogen-bond acceptors (Lipinski definition) is 8. The Morgan fingerprint density at radius 1 is 1.24 bits per heavy atom. The lowest BCUT2D eigenvalue weighted by Gasteiger charge is -2.41. The number of guanidine groups is 1. The number of anilines is 1. The molecule has 0 bridgehead atoms. The molecule has 2 atom stereocenters. The molecule has 1 aliphatic rings. The first kappa shape index (κ1) is 27.6. The number of piperidine rings is 1. The van der Waals surface area contributed by atoms with E-state index in [0.717, 1.165) is 4.57 Å². The van der Waals surface area contributed by atoms with Crippen molar-refractivity contribution in [3.8, 4) is 0 Å². The summed E-state index contributed by atoms with van der Waals surface area (Å²) in [6, 6.07) is 10.7. The number of nitro groups is 1. The molecule has 4 N–H and O–H groups in total. The highest BCUT2D eigenvalue weighted by Gasteiger charge is 2.35. The van der Waals surface area contributed by atoms with Crippen molar-refractivity contribution in [2.75, 3.05) is 17.9 Å². The van der Waals surface area contributed by atoms with Crippen LogP contribution < -0.4 is 21.0 Å². The Kier molecular flexibility index (Phi) is 9.19. The summed E-state index contributed by atoms with van der Waals surface area (Å²) < 4.78 is 34.1. The number of likely N-dealkylation sites (tertiary alicyclic amines) is 1. The monoisotopic (exact) mass is 535 g/mol. The lowest BCUT2D eigenvalue weighted by Crippen LogP contribution is -2.61. The molecule has 1 fully saturated rings. The Balaban J connectivity index is 1.69. The van der Waals surface area contributed by atoms with Crippen LogP contribution in [0.1, 0.15) is 25.3 Å². The molecule has 0 saturated carbocycles. The van der Waals surface area contributed by atoms with Crippen LogP contribution in [0.5, 0.6) is 0 Å². The maximum Gasteiger partial charge on any atom is 0.275 e. The highest BCUT2D eigenvalue weighted by atomic mass is 32.2. The number of sulfonamides is 1. The van der Waals surface area contributed by atoms with E-state index in [-0.39, 0.29) is 18.0 Å². The van der Waals surface area contributed by atoms with Gasteiger partial charge in [0.1, 0.15) is 12.2 Å². The number of hydrogen-bond donors (Lipinski definition) is 4. The predicted molar refractivity (Wildman–Crippen MR) is 135 cm³/mol. The first-order valence-electron chi connectivity index (χ1n) is 11.5. The van der Waals surface area contributed by atoms with Gasteiger partial charge in [0.2, 0.25) is 15.9 Å². The molecule has 1 aliphatic heterocycles. The first-order chi connectivity index (χ1) is 17.6. The fourth-order valence-electron chi connectivity index (χ4n) is 4.02. The second-order valence-electron chi connectivity index (χ2n) is 8.27. The van der Waals surface area contributed by atoms with Crippen molar-refractivity contribution in [2.24, 2.45) is 0 Å². The van der Waals surface area contributed by atoms with Crippen LogP contribution in [0.15, 0.2) is 53.5 Å². The van der Waals surface area contributed by atoms with Gasteiger partial charge in [-0.2, -0.15) is 0 Å². The molecular weight excluding hydrogens is 506 g/mol. The molecule has 1 saturated heterocycles. The molecule has 0 radical (unpaired) electrons. The van der Waals surface area contributed by atoms with Crippen LogP contribution in [0.3, 0.4) is 0 Å². The zero-order valence-corrected chi connectivity index (χ0v) is 20.9. The van der Waals surface area contributed by atoms with Crippen LogP contribution in [0.25, 0.3) is 0 Å². The van der Waals surface area contributed by atoms with Crippen LogP contribution in [-0.2, 0) is 31.9 Å². The van der Waals surface area contributed by atoms with Gasteiger partial charge in [0.25, 0.3) is 11.5 Å². The molecule has 200 valence electrons. The van der Waals surface area contributed by atoms with Gasteiger partial charge >= 0.3 is 0 Å². The number of carbonyl (C=O) groups excluding carboxylic acids is 1. The summed E-state index contributed by atoms with van der Waals surface area (Å²) in [5.41, 5.74) is 1.46. The standard InChI is InChI=1S/C22H29N7O7S/c1-2-36-21-18(11-7-13-28(21)22(23)25-29(32)33)24-19(30)14-27-12-6-10-17(20(27)31)26-37(34,35)15-16-8-4-3-5-9-16/h3-6,8-10,12,18,21,26H,2,7,11,13-15H2,1H3,(H2,23,25)(H,24,30). The minimum atomic E-state index is -3.87. The molecule has 37 heavy (non-hydrogen) atoms. The van der Waals surface area contributed by atoms with Crippen molar-refractivity contribution in [1.82, 2.24) is 20.2 Å². The SMILES string of the molecule is CCOC1C(NC(=O)Cn2cccc(NS(=O)(=O)Cc3ccccc3)c2=O)CCCN1C(=N)N[N+](=O)[O-]. The Hall–Kier alpha value is -3.98. The lowest BCUT2D eigenvalue weighted by atomic mass is 10.0. The van der Waals surface area contributed by atoms with E-state index in [1.165, 1.54) is 23.2 Å². The predicted octanol–water partition coefficient (Wildman–Crippen LogP) is 0.449. The average Bonchev–Trinajstić information content (AvgIpc) is 2.82. The fraction of sp³-hybridized carbons (Fsp3) is 0.409. The minimum Gasteiger partial charge on any atom is -0.356 e. The third-order valence-electron chi connectivity index (χ3n) is 5.53. The van der Waals surface area contributed by atoms with Gasteiger partial charge in [0.05, 0.1) is 11.8 Å². The van der Waals surface area contributed by atoms with E-state index in [1.807, 2.05) is 0 Å². The van der Waals surface area contributed by atoms with E-state index in [2.05, 4.69) is 10.0 Å². The van der Waals surface area contributed by atoms with Gasteiger partial charge in [0, 0.05) is 19.3 Å². The topological polar surface area (TPSA) is 189 Å². The number of ether oxygens (including phenoxy) is 1. The second-order valence-corrected chi connectivity index (χ2v) is 10.00. The molecule has 14 nitrogen and oxygen atoms in total. The van der Waals surface area contributed by atoms with Gasteiger partial charge in [-0.15, -0.1) is 0 Å². The number of aromatic nitrogens is 1. The van der Waals surface area contributed by atoms with E-state index in [4.69, 9.17) is 10.1 Å². The maximum atomic E-state index is 12.9. The Morgan fingerprint density at radius 2 is 1.97 bits per heavy atom. The Morgan fingerprint density at radius 3 is 2.65 bits per heavy atom. The van der Waals surface area contributed by atoms with Crippen molar-refractivity contribution < 1.29 is 23.0 Å². The van der Waals surface area contributed by atoms with Crippen LogP contribution in [0, 0.1) is 15.5 Å². The smallest absolute Gasteiger partial charge is 0.275 e. The third kappa shape index (κ3) is 7.75. The number of amides is 1. The van der Waals surface area contributed by atoms with Crippen molar-refractivity contribution in [3.63, 3.8) is 0 Å². The van der Waals surface area contributed by atoms with E-state index in [1.54, 1.807) is 42.7 Å². The number of carbonyl (C=O) groups is 1. The molecular formula is C22H29N7O7S. The average molecular weight is 536 g/mol. The molecule has 2 heterocycles. The Bertz CT molecular complexity index is 1280.